The monoisotopic (exact) mass is 411 g/mol. The van der Waals surface area contributed by atoms with E-state index in [1.165, 1.54) is 24.9 Å². The Balaban J connectivity index is 0.000000150. The molecule has 9 heteroatoms. The number of fused-ring (bicyclic) bond motifs is 1. The largest absolute Gasteiger partial charge is 0.342 e. The average Bonchev–Trinajstić information content (AvgIpc) is 3.46. The fraction of sp³-hybridized carbons (Fsp3) is 0.250. The molecule has 1 aromatic carbocycles. The van der Waals surface area contributed by atoms with Gasteiger partial charge in [0.1, 0.15) is 11.5 Å². The lowest BCUT2D eigenvalue weighted by Gasteiger charge is -2.26. The van der Waals surface area contributed by atoms with Crippen LogP contribution in [0.5, 0.6) is 0 Å². The minimum atomic E-state index is -0.387. The van der Waals surface area contributed by atoms with Gasteiger partial charge in [-0.1, -0.05) is 5.16 Å². The maximum atomic E-state index is 12.4. The Kier molecular flexibility index (Phi) is 5.85. The van der Waals surface area contributed by atoms with Crippen molar-refractivity contribution in [2.75, 3.05) is 13.1 Å². The van der Waals surface area contributed by atoms with Crippen LogP contribution < -0.4 is 0 Å². The number of hydrogen-bond donors (Lipinski definition) is 0. The molecule has 0 spiro atoms. The smallest absolute Gasteiger partial charge is 0.253 e. The molecule has 1 saturated heterocycles. The van der Waals surface area contributed by atoms with E-state index in [0.29, 0.717) is 11.5 Å². The maximum Gasteiger partial charge on any atom is 0.253 e. The van der Waals surface area contributed by atoms with Crippen LogP contribution in [-0.4, -0.2) is 44.0 Å². The van der Waals surface area contributed by atoms with Crippen LogP contribution in [0.15, 0.2) is 53.0 Å². The first-order valence-corrected chi connectivity index (χ1v) is 10.1. The van der Waals surface area contributed by atoms with Gasteiger partial charge in [-0.25, -0.2) is 14.4 Å². The Morgan fingerprint density at radius 2 is 1.93 bits per heavy atom. The van der Waals surface area contributed by atoms with Crippen LogP contribution >= 0.6 is 11.3 Å². The molecule has 0 saturated carbocycles. The lowest BCUT2D eigenvalue weighted by molar-refractivity contribution is 0.0724. The van der Waals surface area contributed by atoms with Gasteiger partial charge in [-0.2, -0.15) is 4.98 Å². The predicted molar refractivity (Wildman–Crippen MR) is 107 cm³/mol. The number of thiazole rings is 1. The fourth-order valence-electron chi connectivity index (χ4n) is 3.06. The Hall–Kier alpha value is -3.20. The third kappa shape index (κ3) is 4.62. The molecule has 29 heavy (non-hydrogen) atoms. The second kappa shape index (κ2) is 8.87. The number of halogens is 1. The summed E-state index contributed by atoms with van der Waals surface area (Å²) in [7, 11) is 0. The molecule has 4 heterocycles. The van der Waals surface area contributed by atoms with Crippen molar-refractivity contribution in [3.8, 4) is 11.5 Å². The molecular formula is C20H18FN5O2S. The summed E-state index contributed by atoms with van der Waals surface area (Å²) >= 11 is 1.58. The van der Waals surface area contributed by atoms with Crippen molar-refractivity contribution >= 4 is 27.5 Å². The summed E-state index contributed by atoms with van der Waals surface area (Å²) in [5.74, 6) is 0.136. The highest BCUT2D eigenvalue weighted by atomic mass is 32.1. The van der Waals surface area contributed by atoms with Crippen molar-refractivity contribution in [1.82, 2.24) is 25.0 Å². The van der Waals surface area contributed by atoms with Gasteiger partial charge in [-0.3, -0.25) is 4.79 Å². The number of carbonyl (C=O) groups is 1. The molecule has 1 aliphatic heterocycles. The molecule has 7 nitrogen and oxygen atoms in total. The van der Waals surface area contributed by atoms with Crippen LogP contribution in [0, 0.1) is 5.82 Å². The van der Waals surface area contributed by atoms with Crippen LogP contribution in [-0.2, 0) is 0 Å². The van der Waals surface area contributed by atoms with Crippen molar-refractivity contribution in [3.05, 3.63) is 59.8 Å². The van der Waals surface area contributed by atoms with Crippen LogP contribution in [0.2, 0.25) is 0 Å². The number of aromatic nitrogens is 4. The summed E-state index contributed by atoms with van der Waals surface area (Å²) in [5, 5.41) is 3.55. The second-order valence-corrected chi connectivity index (χ2v) is 7.39. The number of benzene rings is 1. The minimum Gasteiger partial charge on any atom is -0.342 e. The molecule has 5 rings (SSSR count). The Bertz CT molecular complexity index is 1080. The highest BCUT2D eigenvalue weighted by molar-refractivity contribution is 7.16. The maximum absolute atomic E-state index is 12.4. The van der Waals surface area contributed by atoms with Crippen LogP contribution in [0.3, 0.4) is 0 Å². The molecule has 1 aliphatic rings. The zero-order valence-electron chi connectivity index (χ0n) is 15.5. The van der Waals surface area contributed by atoms with E-state index in [9.17, 15) is 9.18 Å². The number of nitrogens with zero attached hydrogens (tertiary/aromatic N) is 5. The van der Waals surface area contributed by atoms with Gasteiger partial charge >= 0.3 is 0 Å². The standard InChI is InChI=1S/C13H14N2OS.C7H4FN3O/c16-13(15-6-2-1-3-7-15)10-4-5-11-12(8-10)17-9-14-11;8-5-1-2-6(9-3-5)7-10-4-12-11-7/h4-5,8-9H,1-3,6-7H2;1-4H. The summed E-state index contributed by atoms with van der Waals surface area (Å²) < 4.78 is 18.0. The van der Waals surface area contributed by atoms with Crippen molar-refractivity contribution in [2.24, 2.45) is 0 Å². The molecule has 0 N–H and O–H groups in total. The Morgan fingerprint density at radius 3 is 2.66 bits per heavy atom. The van der Waals surface area contributed by atoms with Crippen LogP contribution in [0.25, 0.3) is 21.7 Å². The zero-order chi connectivity index (χ0) is 20.1. The third-order valence-corrected chi connectivity index (χ3v) is 5.33. The number of piperidine rings is 1. The summed E-state index contributed by atoms with van der Waals surface area (Å²) in [6.45, 7) is 1.80. The number of rotatable bonds is 2. The van der Waals surface area contributed by atoms with Crippen molar-refractivity contribution in [3.63, 3.8) is 0 Å². The number of pyridine rings is 1. The first kappa shape index (κ1) is 19.1. The molecule has 3 aromatic heterocycles. The van der Waals surface area contributed by atoms with Crippen molar-refractivity contribution in [1.29, 1.82) is 0 Å². The summed E-state index contributed by atoms with van der Waals surface area (Å²) in [5.41, 5.74) is 4.08. The van der Waals surface area contributed by atoms with E-state index in [2.05, 4.69) is 24.6 Å². The van der Waals surface area contributed by atoms with Gasteiger partial charge in [0.2, 0.25) is 12.2 Å². The molecular weight excluding hydrogens is 393 g/mol. The van der Waals surface area contributed by atoms with Gasteiger partial charge < -0.3 is 9.42 Å². The van der Waals surface area contributed by atoms with Crippen LogP contribution in [0.4, 0.5) is 4.39 Å². The van der Waals surface area contributed by atoms with Gasteiger partial charge in [0.25, 0.3) is 5.91 Å². The summed E-state index contributed by atoms with van der Waals surface area (Å²) in [6, 6.07) is 8.56. The highest BCUT2D eigenvalue weighted by Gasteiger charge is 2.18. The van der Waals surface area contributed by atoms with E-state index < -0.39 is 0 Å². The van der Waals surface area contributed by atoms with Gasteiger partial charge in [0.15, 0.2) is 0 Å². The highest BCUT2D eigenvalue weighted by Crippen LogP contribution is 2.21. The van der Waals surface area contributed by atoms with E-state index in [1.807, 2.05) is 28.6 Å². The lowest BCUT2D eigenvalue weighted by Crippen LogP contribution is -2.35. The van der Waals surface area contributed by atoms with Gasteiger partial charge in [-0.15, -0.1) is 11.3 Å². The minimum absolute atomic E-state index is 0.167. The second-order valence-electron chi connectivity index (χ2n) is 6.50. The van der Waals surface area contributed by atoms with Crippen molar-refractivity contribution < 1.29 is 13.7 Å². The summed E-state index contributed by atoms with van der Waals surface area (Å²) in [6.07, 6.45) is 5.81. The number of likely N-dealkylation sites (tertiary alicyclic amines) is 1. The summed E-state index contributed by atoms with van der Waals surface area (Å²) in [4.78, 5) is 26.0. The number of carbonyl (C=O) groups excluding carboxylic acids is 1. The van der Waals surface area contributed by atoms with Gasteiger partial charge in [0, 0.05) is 18.7 Å². The SMILES string of the molecule is Fc1ccc(-c2ncon2)nc1.O=C(c1ccc2ncsc2c1)N1CCCCC1. The Labute approximate surface area is 170 Å². The first-order valence-electron chi connectivity index (χ1n) is 9.21. The number of hydrogen-bond acceptors (Lipinski definition) is 7. The van der Waals surface area contributed by atoms with E-state index in [0.717, 1.165) is 47.9 Å². The normalized spacial score (nSPS) is 13.8. The lowest BCUT2D eigenvalue weighted by atomic mass is 10.1. The fourth-order valence-corrected chi connectivity index (χ4v) is 3.78. The van der Waals surface area contributed by atoms with E-state index in [-0.39, 0.29) is 11.7 Å². The number of amides is 1. The molecule has 148 valence electrons. The molecule has 0 unspecified atom stereocenters. The molecule has 1 fully saturated rings. The van der Waals surface area contributed by atoms with E-state index in [4.69, 9.17) is 0 Å². The van der Waals surface area contributed by atoms with E-state index >= 15 is 0 Å². The molecule has 0 bridgehead atoms. The molecule has 4 aromatic rings. The van der Waals surface area contributed by atoms with E-state index in [1.54, 1.807) is 11.3 Å². The molecule has 1 amide bonds. The van der Waals surface area contributed by atoms with Crippen molar-refractivity contribution in [2.45, 2.75) is 19.3 Å². The quantitative estimate of drug-likeness (QED) is 0.492. The van der Waals surface area contributed by atoms with Crippen LogP contribution in [0.1, 0.15) is 29.6 Å². The molecule has 0 atom stereocenters. The topological polar surface area (TPSA) is 85.0 Å². The average molecular weight is 411 g/mol. The van der Waals surface area contributed by atoms with Gasteiger partial charge in [-0.05, 0) is 49.6 Å². The molecule has 0 aliphatic carbocycles. The molecule has 0 radical (unpaired) electrons. The predicted octanol–water partition coefficient (Wildman–Crippen LogP) is 4.19. The Morgan fingerprint density at radius 1 is 1.07 bits per heavy atom. The first-order chi connectivity index (χ1) is 14.2. The zero-order valence-corrected chi connectivity index (χ0v) is 16.3. The third-order valence-electron chi connectivity index (χ3n) is 4.54. The van der Waals surface area contributed by atoms with Gasteiger partial charge in [0.05, 0.1) is 21.9 Å².